The number of rotatable bonds is 8. The number of fused-ring (bicyclic) bond motifs is 1. The summed E-state index contributed by atoms with van der Waals surface area (Å²) in [6.07, 6.45) is 18.7. The first-order valence-corrected chi connectivity index (χ1v) is 21.8. The van der Waals surface area contributed by atoms with Crippen molar-refractivity contribution in [3.05, 3.63) is 63.6 Å². The fourth-order valence-electron chi connectivity index (χ4n) is 6.63. The van der Waals surface area contributed by atoms with Crippen molar-refractivity contribution < 1.29 is 11.5 Å². The molecule has 0 saturated carbocycles. The van der Waals surface area contributed by atoms with Gasteiger partial charge in [-0.15, -0.1) is 0 Å². The summed E-state index contributed by atoms with van der Waals surface area (Å²) in [5, 5.41) is 5.66. The van der Waals surface area contributed by atoms with Gasteiger partial charge in [-0.05, 0) is 0 Å². The summed E-state index contributed by atoms with van der Waals surface area (Å²) in [6, 6.07) is 9.19. The molecule has 0 N–H and O–H groups in total. The van der Waals surface area contributed by atoms with E-state index in [-0.39, 0.29) is 0 Å². The molecule has 0 radical (unpaired) electrons. The van der Waals surface area contributed by atoms with E-state index in [9.17, 15) is 0 Å². The van der Waals surface area contributed by atoms with Crippen molar-refractivity contribution in [2.75, 3.05) is 0 Å². The van der Waals surface area contributed by atoms with Gasteiger partial charge in [0.2, 0.25) is 0 Å². The van der Waals surface area contributed by atoms with E-state index in [1.165, 1.54) is 47.1 Å². The molecule has 2 aliphatic carbocycles. The van der Waals surface area contributed by atoms with Gasteiger partial charge in [0.1, 0.15) is 0 Å². The van der Waals surface area contributed by atoms with Crippen LogP contribution in [0.3, 0.4) is 0 Å². The number of unbranched alkanes of at least 4 members (excludes halogenated alkanes) is 2. The second-order valence-corrected chi connectivity index (χ2v) is 46.3. The summed E-state index contributed by atoms with van der Waals surface area (Å²) in [6.45, 7) is 4.73. The summed E-state index contributed by atoms with van der Waals surface area (Å²) < 4.78 is 5.22. The maximum absolute atomic E-state index is 4.11. The molecule has 0 amide bonds. The first-order chi connectivity index (χ1) is 12.1. The van der Waals surface area contributed by atoms with E-state index in [0.717, 1.165) is 0 Å². The SMILES string of the molecule is CCC[CH2][Ti]([CH3])([CH3])(=[SiH2])([CH2]CCC)([C]1=CC=CC1)[CH]1C=Cc2ccccc21. The van der Waals surface area contributed by atoms with Crippen molar-refractivity contribution in [2.45, 2.75) is 70.1 Å². The zero-order valence-corrected chi connectivity index (χ0v) is 20.4. The van der Waals surface area contributed by atoms with Gasteiger partial charge in [0.05, 0.1) is 0 Å². The Balaban J connectivity index is 2.37. The molecule has 1 unspecified atom stereocenters. The van der Waals surface area contributed by atoms with E-state index >= 15 is 0 Å². The average molecular weight is 403 g/mol. The molecular formula is C24H38SiTi. The van der Waals surface area contributed by atoms with Gasteiger partial charge in [-0.2, -0.15) is 0 Å². The molecule has 0 fully saturated rings. The van der Waals surface area contributed by atoms with Crippen LogP contribution in [0.15, 0.2) is 52.4 Å². The van der Waals surface area contributed by atoms with Gasteiger partial charge < -0.3 is 0 Å². The number of hydrogen-bond donors (Lipinski definition) is 0. The molecule has 1 atom stereocenters. The van der Waals surface area contributed by atoms with E-state index < -0.39 is 11.5 Å². The first kappa shape index (κ1) is 20.1. The molecule has 142 valence electrons. The molecule has 0 saturated heterocycles. The molecule has 1 aromatic rings. The summed E-state index contributed by atoms with van der Waals surface area (Å²) in [5.74, 6) is 0. The Labute approximate surface area is 158 Å². The van der Waals surface area contributed by atoms with E-state index in [2.05, 4.69) is 86.6 Å². The molecule has 0 aliphatic heterocycles. The van der Waals surface area contributed by atoms with Crippen LogP contribution in [0.2, 0.25) is 19.9 Å². The van der Waals surface area contributed by atoms with Gasteiger partial charge in [-0.3, -0.25) is 0 Å². The molecule has 2 heteroatoms. The summed E-state index contributed by atoms with van der Waals surface area (Å²) in [5.41, 5.74) is 3.06. The average Bonchev–Trinajstić information content (AvgIpc) is 3.30. The van der Waals surface area contributed by atoms with Crippen molar-refractivity contribution in [1.82, 2.24) is 0 Å². The summed E-state index contributed by atoms with van der Waals surface area (Å²) in [4.78, 5) is 0. The molecular weight excluding hydrogens is 364 g/mol. The number of benzene rings is 1. The molecule has 0 aromatic heterocycles. The Bertz CT molecular complexity index is 917. The van der Waals surface area contributed by atoms with Crippen LogP contribution in [-0.4, -0.2) is 7.63 Å². The second-order valence-electron chi connectivity index (χ2n) is 11.7. The maximum atomic E-state index is 2.83. The first-order valence-electron chi connectivity index (χ1n) is 10.8. The minimum absolute atomic E-state index is 0.589. The van der Waals surface area contributed by atoms with Crippen molar-refractivity contribution in [2.24, 2.45) is 0 Å². The molecule has 0 bridgehead atoms. The number of allylic oxidation sites excluding steroid dienone is 5. The van der Waals surface area contributed by atoms with Gasteiger partial charge in [0.15, 0.2) is 0 Å². The van der Waals surface area contributed by atoms with Crippen LogP contribution in [0.1, 0.15) is 61.3 Å². The predicted octanol–water partition coefficient (Wildman–Crippen LogP) is 7.44. The van der Waals surface area contributed by atoms with Crippen molar-refractivity contribution in [3.8, 4) is 0 Å². The van der Waals surface area contributed by atoms with Crippen LogP contribution in [-0.2, 0) is 11.5 Å². The van der Waals surface area contributed by atoms with Crippen LogP contribution in [0.25, 0.3) is 6.08 Å². The third kappa shape index (κ3) is 2.66. The zero-order valence-electron chi connectivity index (χ0n) is 17.4. The third-order valence-electron chi connectivity index (χ3n) is 8.82. The van der Waals surface area contributed by atoms with Gasteiger partial charge in [-0.25, -0.2) is 0 Å². The van der Waals surface area contributed by atoms with Crippen LogP contribution in [0, 0.1) is 0 Å². The van der Waals surface area contributed by atoms with Crippen molar-refractivity contribution in [1.29, 1.82) is 0 Å². The predicted molar refractivity (Wildman–Crippen MR) is 120 cm³/mol. The van der Waals surface area contributed by atoms with Gasteiger partial charge in [-0.1, -0.05) is 0 Å². The van der Waals surface area contributed by atoms with Crippen molar-refractivity contribution in [3.63, 3.8) is 0 Å². The zero-order chi connectivity index (χ0) is 19.0. The van der Waals surface area contributed by atoms with E-state index in [4.69, 9.17) is 0 Å². The fourth-order valence-corrected chi connectivity index (χ4v) is 27.5. The summed E-state index contributed by atoms with van der Waals surface area (Å²) in [7, 11) is 2.52. The van der Waals surface area contributed by atoms with Crippen LogP contribution >= 0.6 is 0 Å². The topological polar surface area (TPSA) is 0 Å². The Morgan fingerprint density at radius 2 is 1.69 bits per heavy atom. The molecule has 0 heterocycles. The third-order valence-corrected chi connectivity index (χ3v) is 34.1. The van der Waals surface area contributed by atoms with Gasteiger partial charge >= 0.3 is 159 Å². The Morgan fingerprint density at radius 1 is 1.04 bits per heavy atom. The Morgan fingerprint density at radius 3 is 2.27 bits per heavy atom. The van der Waals surface area contributed by atoms with E-state index in [0.29, 0.717) is 4.22 Å². The quantitative estimate of drug-likeness (QED) is 0.396. The second kappa shape index (κ2) is 5.69. The standard InChI is InChI=1S/C9H7.C5H5.2C4H9.2CH3.H2Si.Ti/c1-2-5-9-7-3-6-8(9)4-1;1-2-4-5-3-1;2*1-3-4-2;;;;/h1-7H;1-3H,4H2;2*1,3-4H2,2H3;2*1H3;1H2;. The van der Waals surface area contributed by atoms with Crippen molar-refractivity contribution >= 4 is 13.7 Å². The molecule has 0 spiro atoms. The normalized spacial score (nSPS) is 23.0. The van der Waals surface area contributed by atoms with Gasteiger partial charge in [0, 0.05) is 0 Å². The molecule has 2 aliphatic rings. The van der Waals surface area contributed by atoms with E-state index in [1.807, 2.05) is 3.88 Å². The molecule has 0 nitrogen and oxygen atoms in total. The minimum atomic E-state index is -4.11. The van der Waals surface area contributed by atoms with Crippen LogP contribution in [0.5, 0.6) is 0 Å². The molecule has 26 heavy (non-hydrogen) atoms. The fraction of sp³-hybridized carbons (Fsp3) is 0.500. The Hall–Kier alpha value is -0.629. The number of hydrogen-bond acceptors (Lipinski definition) is 0. The molecule has 3 rings (SSSR count). The monoisotopic (exact) mass is 402 g/mol. The van der Waals surface area contributed by atoms with E-state index in [1.54, 1.807) is 5.56 Å². The van der Waals surface area contributed by atoms with Crippen LogP contribution in [0.4, 0.5) is 0 Å². The van der Waals surface area contributed by atoms with Crippen LogP contribution < -0.4 is 0 Å². The Kier molecular flexibility index (Phi) is 4.40. The summed E-state index contributed by atoms with van der Waals surface area (Å²) >= 11 is -4.11. The van der Waals surface area contributed by atoms with Gasteiger partial charge in [0.25, 0.3) is 0 Å². The molecule has 1 aromatic carbocycles.